The fraction of sp³-hybridized carbons (Fsp3) is 0.467. The maximum Gasteiger partial charge on any atom is 0.275 e. The molecular formula is C15H20N4O3. The van der Waals surface area contributed by atoms with E-state index in [0.717, 1.165) is 0 Å². The van der Waals surface area contributed by atoms with Crippen molar-refractivity contribution in [2.24, 2.45) is 0 Å². The van der Waals surface area contributed by atoms with E-state index in [-0.39, 0.29) is 22.7 Å². The summed E-state index contributed by atoms with van der Waals surface area (Å²) in [6.45, 7) is 8.83. The van der Waals surface area contributed by atoms with E-state index in [0.29, 0.717) is 11.3 Å². The lowest BCUT2D eigenvalue weighted by atomic mass is 10.1. The molecule has 1 amide bonds. The van der Waals surface area contributed by atoms with E-state index < -0.39 is 11.0 Å². The first-order valence-electron chi connectivity index (χ1n) is 6.83. The smallest absolute Gasteiger partial charge is 0.275 e. The van der Waals surface area contributed by atoms with E-state index in [9.17, 15) is 14.9 Å². The molecule has 0 aliphatic rings. The van der Waals surface area contributed by atoms with Crippen molar-refractivity contribution < 1.29 is 9.72 Å². The second-order valence-electron chi connectivity index (χ2n) is 6.14. The third-order valence-corrected chi connectivity index (χ3v) is 2.97. The molecule has 7 nitrogen and oxygen atoms in total. The average molecular weight is 304 g/mol. The molecule has 0 fully saturated rings. The molecule has 0 aliphatic heterocycles. The minimum atomic E-state index is -0.591. The van der Waals surface area contributed by atoms with Crippen molar-refractivity contribution in [3.8, 4) is 6.07 Å². The standard InChI is InChI=1S/C15H20N4O3/c1-9-12(6-11(8-16)7-13(9)19(21)22)17-10(2)14(20)18-15(3,4)5/h6-7,10,17H,1-5H3,(H,18,20)/t10-/m0/s1. The maximum absolute atomic E-state index is 12.1. The zero-order valence-electron chi connectivity index (χ0n) is 13.4. The second kappa shape index (κ2) is 6.43. The number of hydrogen-bond donors (Lipinski definition) is 2. The molecule has 118 valence electrons. The van der Waals surface area contributed by atoms with Gasteiger partial charge in [-0.25, -0.2) is 0 Å². The van der Waals surface area contributed by atoms with Gasteiger partial charge in [0.15, 0.2) is 0 Å². The topological polar surface area (TPSA) is 108 Å². The summed E-state index contributed by atoms with van der Waals surface area (Å²) < 4.78 is 0. The SMILES string of the molecule is Cc1c(N[C@@H](C)C(=O)NC(C)(C)C)cc(C#N)cc1[N+](=O)[O-]. The molecule has 0 spiro atoms. The highest BCUT2D eigenvalue weighted by Crippen LogP contribution is 2.28. The molecule has 7 heteroatoms. The molecule has 0 aliphatic carbocycles. The van der Waals surface area contributed by atoms with Crippen LogP contribution in [0.5, 0.6) is 0 Å². The van der Waals surface area contributed by atoms with Crippen molar-refractivity contribution >= 4 is 17.3 Å². The van der Waals surface area contributed by atoms with Gasteiger partial charge in [0.05, 0.1) is 16.6 Å². The number of amides is 1. The molecule has 0 saturated carbocycles. The third kappa shape index (κ3) is 4.45. The Balaban J connectivity index is 3.07. The van der Waals surface area contributed by atoms with Gasteiger partial charge >= 0.3 is 0 Å². The number of nitrogens with one attached hydrogen (secondary N) is 2. The Labute approximate surface area is 129 Å². The molecule has 1 rings (SSSR count). The van der Waals surface area contributed by atoms with E-state index >= 15 is 0 Å². The van der Waals surface area contributed by atoms with Gasteiger partial charge < -0.3 is 10.6 Å². The summed E-state index contributed by atoms with van der Waals surface area (Å²) in [4.78, 5) is 22.6. The number of benzene rings is 1. The number of hydrogen-bond acceptors (Lipinski definition) is 5. The molecule has 0 bridgehead atoms. The molecule has 1 atom stereocenters. The summed E-state index contributed by atoms with van der Waals surface area (Å²) >= 11 is 0. The van der Waals surface area contributed by atoms with E-state index in [1.165, 1.54) is 12.1 Å². The Bertz CT molecular complexity index is 641. The molecule has 1 aromatic rings. The highest BCUT2D eigenvalue weighted by atomic mass is 16.6. The van der Waals surface area contributed by atoms with Crippen molar-refractivity contribution in [3.63, 3.8) is 0 Å². The van der Waals surface area contributed by atoms with Crippen LogP contribution >= 0.6 is 0 Å². The summed E-state index contributed by atoms with van der Waals surface area (Å²) in [5.41, 5.74) is 0.442. The lowest BCUT2D eigenvalue weighted by Crippen LogP contribution is -2.47. The highest BCUT2D eigenvalue weighted by molar-refractivity contribution is 5.85. The zero-order chi connectivity index (χ0) is 17.1. The quantitative estimate of drug-likeness (QED) is 0.656. The Morgan fingerprint density at radius 2 is 2.00 bits per heavy atom. The van der Waals surface area contributed by atoms with Gasteiger partial charge in [-0.05, 0) is 40.7 Å². The number of carbonyl (C=O) groups is 1. The zero-order valence-corrected chi connectivity index (χ0v) is 13.4. The summed E-state index contributed by atoms with van der Waals surface area (Å²) in [5.74, 6) is -0.225. The van der Waals surface area contributed by atoms with Gasteiger partial charge in [0.1, 0.15) is 6.04 Å². The maximum atomic E-state index is 12.1. The Morgan fingerprint density at radius 3 is 2.45 bits per heavy atom. The molecule has 0 aromatic heterocycles. The van der Waals surface area contributed by atoms with Crippen LogP contribution in [0.3, 0.4) is 0 Å². The predicted molar refractivity (Wildman–Crippen MR) is 83.5 cm³/mol. The van der Waals surface area contributed by atoms with Gasteiger partial charge in [0, 0.05) is 22.9 Å². The lowest BCUT2D eigenvalue weighted by molar-refractivity contribution is -0.385. The Hall–Kier alpha value is -2.62. The molecule has 0 saturated heterocycles. The van der Waals surface area contributed by atoms with Crippen molar-refractivity contribution in [2.45, 2.75) is 46.2 Å². The van der Waals surface area contributed by atoms with Crippen LogP contribution in [0.4, 0.5) is 11.4 Å². The number of nitro groups is 1. The first-order chi connectivity index (χ1) is 10.0. The van der Waals surface area contributed by atoms with Crippen LogP contribution in [-0.4, -0.2) is 22.4 Å². The molecule has 0 heterocycles. The normalized spacial score (nSPS) is 12.2. The van der Waals surface area contributed by atoms with Crippen LogP contribution in [-0.2, 0) is 4.79 Å². The predicted octanol–water partition coefficient (Wildman–Crippen LogP) is 2.49. The minimum absolute atomic E-state index is 0.148. The molecular weight excluding hydrogens is 284 g/mol. The number of rotatable bonds is 4. The largest absolute Gasteiger partial charge is 0.373 e. The molecule has 0 unspecified atom stereocenters. The van der Waals surface area contributed by atoms with Gasteiger partial charge in [-0.3, -0.25) is 14.9 Å². The number of nitriles is 1. The fourth-order valence-corrected chi connectivity index (χ4v) is 1.88. The summed E-state index contributed by atoms with van der Waals surface area (Å²) in [6, 6.07) is 4.02. The van der Waals surface area contributed by atoms with E-state index in [2.05, 4.69) is 10.6 Å². The minimum Gasteiger partial charge on any atom is -0.373 e. The fourth-order valence-electron chi connectivity index (χ4n) is 1.88. The Morgan fingerprint density at radius 1 is 1.41 bits per heavy atom. The van der Waals surface area contributed by atoms with E-state index in [1.807, 2.05) is 26.8 Å². The van der Waals surface area contributed by atoms with Crippen molar-refractivity contribution in [2.75, 3.05) is 5.32 Å². The van der Waals surface area contributed by atoms with Gasteiger partial charge in [-0.15, -0.1) is 0 Å². The van der Waals surface area contributed by atoms with Crippen LogP contribution in [0.25, 0.3) is 0 Å². The second-order valence-corrected chi connectivity index (χ2v) is 6.14. The van der Waals surface area contributed by atoms with Gasteiger partial charge in [0.25, 0.3) is 5.69 Å². The van der Waals surface area contributed by atoms with Crippen LogP contribution in [0, 0.1) is 28.4 Å². The molecule has 22 heavy (non-hydrogen) atoms. The van der Waals surface area contributed by atoms with Crippen LogP contribution in [0.1, 0.15) is 38.8 Å². The van der Waals surface area contributed by atoms with Gasteiger partial charge in [-0.2, -0.15) is 5.26 Å². The van der Waals surface area contributed by atoms with E-state index in [1.54, 1.807) is 13.8 Å². The molecule has 1 aromatic carbocycles. The van der Waals surface area contributed by atoms with Crippen LogP contribution < -0.4 is 10.6 Å². The summed E-state index contributed by atoms with van der Waals surface area (Å²) in [5, 5.41) is 25.8. The summed E-state index contributed by atoms with van der Waals surface area (Å²) in [6.07, 6.45) is 0. The number of carbonyl (C=O) groups excluding carboxylic acids is 1. The average Bonchev–Trinajstić information content (AvgIpc) is 2.38. The molecule has 0 radical (unpaired) electrons. The highest BCUT2D eigenvalue weighted by Gasteiger charge is 2.22. The third-order valence-electron chi connectivity index (χ3n) is 2.97. The van der Waals surface area contributed by atoms with Gasteiger partial charge in [0.2, 0.25) is 5.91 Å². The van der Waals surface area contributed by atoms with Crippen molar-refractivity contribution in [1.82, 2.24) is 5.32 Å². The molecule has 2 N–H and O–H groups in total. The van der Waals surface area contributed by atoms with Crippen LogP contribution in [0.2, 0.25) is 0 Å². The number of nitrogens with zero attached hydrogens (tertiary/aromatic N) is 2. The van der Waals surface area contributed by atoms with Gasteiger partial charge in [-0.1, -0.05) is 0 Å². The van der Waals surface area contributed by atoms with Crippen molar-refractivity contribution in [3.05, 3.63) is 33.4 Å². The Kier molecular flexibility index (Phi) is 5.10. The monoisotopic (exact) mass is 304 g/mol. The lowest BCUT2D eigenvalue weighted by Gasteiger charge is -2.24. The number of anilines is 1. The number of nitro benzene ring substituents is 1. The van der Waals surface area contributed by atoms with Crippen LogP contribution in [0.15, 0.2) is 12.1 Å². The van der Waals surface area contributed by atoms with E-state index in [4.69, 9.17) is 5.26 Å². The first kappa shape index (κ1) is 17.4. The first-order valence-corrected chi connectivity index (χ1v) is 6.83. The van der Waals surface area contributed by atoms with Crippen molar-refractivity contribution in [1.29, 1.82) is 5.26 Å². The summed E-state index contributed by atoms with van der Waals surface area (Å²) in [7, 11) is 0.